The van der Waals surface area contributed by atoms with Crippen molar-refractivity contribution >= 4 is 11.8 Å². The quantitative estimate of drug-likeness (QED) is 0.762. The van der Waals surface area contributed by atoms with E-state index in [-0.39, 0.29) is 30.7 Å². The van der Waals surface area contributed by atoms with Crippen LogP contribution in [-0.4, -0.2) is 48.1 Å². The maximum Gasteiger partial charge on any atom is 0.223 e. The molecule has 0 radical (unpaired) electrons. The third kappa shape index (κ3) is 4.57. The molecule has 144 valence electrons. The summed E-state index contributed by atoms with van der Waals surface area (Å²) in [5, 5.41) is 2.76. The zero-order valence-corrected chi connectivity index (χ0v) is 16.0. The molecule has 6 nitrogen and oxygen atoms in total. The van der Waals surface area contributed by atoms with Gasteiger partial charge in [-0.2, -0.15) is 0 Å². The largest absolute Gasteiger partial charge is 0.383 e. The van der Waals surface area contributed by atoms with Crippen LogP contribution >= 0.6 is 0 Å². The van der Waals surface area contributed by atoms with Crippen LogP contribution in [0.2, 0.25) is 0 Å². The number of carbonyl (C=O) groups is 2. The monoisotopic (exact) mass is 369 g/mol. The fourth-order valence-electron chi connectivity index (χ4n) is 3.50. The van der Waals surface area contributed by atoms with Crippen LogP contribution in [0.1, 0.15) is 35.7 Å². The SMILES string of the molecule is COCCNC(=O)CCC(=O)N1CCn2cccc2[C@@H]1c1ccc(C)cc1. The van der Waals surface area contributed by atoms with Gasteiger partial charge in [0.25, 0.3) is 0 Å². The second-order valence-electron chi connectivity index (χ2n) is 6.87. The lowest BCUT2D eigenvalue weighted by Crippen LogP contribution is -2.42. The van der Waals surface area contributed by atoms with Gasteiger partial charge in [0, 0.05) is 51.5 Å². The molecule has 1 aromatic carbocycles. The van der Waals surface area contributed by atoms with E-state index in [0.29, 0.717) is 19.7 Å². The van der Waals surface area contributed by atoms with Crippen molar-refractivity contribution < 1.29 is 14.3 Å². The van der Waals surface area contributed by atoms with E-state index in [0.717, 1.165) is 17.8 Å². The van der Waals surface area contributed by atoms with E-state index in [4.69, 9.17) is 4.74 Å². The van der Waals surface area contributed by atoms with Crippen molar-refractivity contribution in [2.24, 2.45) is 0 Å². The highest BCUT2D eigenvalue weighted by Gasteiger charge is 2.31. The first-order valence-corrected chi connectivity index (χ1v) is 9.37. The Hall–Kier alpha value is -2.60. The molecule has 0 saturated heterocycles. The smallest absolute Gasteiger partial charge is 0.223 e. The minimum atomic E-state index is -0.118. The van der Waals surface area contributed by atoms with Gasteiger partial charge in [0.15, 0.2) is 0 Å². The van der Waals surface area contributed by atoms with Crippen LogP contribution in [0, 0.1) is 6.92 Å². The van der Waals surface area contributed by atoms with Gasteiger partial charge in [-0.1, -0.05) is 29.8 Å². The number of ether oxygens (including phenoxy) is 1. The molecule has 0 fully saturated rings. The first-order chi connectivity index (χ1) is 13.1. The summed E-state index contributed by atoms with van der Waals surface area (Å²) in [5.41, 5.74) is 3.40. The Kier molecular flexibility index (Phi) is 6.29. The molecule has 0 aliphatic carbocycles. The predicted molar refractivity (Wildman–Crippen MR) is 103 cm³/mol. The van der Waals surface area contributed by atoms with Crippen LogP contribution in [0.15, 0.2) is 42.6 Å². The van der Waals surface area contributed by atoms with Crippen LogP contribution in [0.4, 0.5) is 0 Å². The van der Waals surface area contributed by atoms with Crippen molar-refractivity contribution in [1.29, 1.82) is 0 Å². The number of nitrogens with one attached hydrogen (secondary N) is 1. The number of rotatable bonds is 7. The van der Waals surface area contributed by atoms with Crippen LogP contribution in [0.5, 0.6) is 0 Å². The number of hydrogen-bond donors (Lipinski definition) is 1. The normalized spacial score (nSPS) is 16.1. The second-order valence-corrected chi connectivity index (χ2v) is 6.87. The summed E-state index contributed by atoms with van der Waals surface area (Å²) in [6, 6.07) is 12.3. The number of amides is 2. The Morgan fingerprint density at radius 1 is 1.15 bits per heavy atom. The van der Waals surface area contributed by atoms with Crippen LogP contribution < -0.4 is 5.32 Å². The average Bonchev–Trinajstić information content (AvgIpc) is 3.15. The maximum absolute atomic E-state index is 12.9. The average molecular weight is 369 g/mol. The Morgan fingerprint density at radius 2 is 1.93 bits per heavy atom. The van der Waals surface area contributed by atoms with E-state index >= 15 is 0 Å². The summed E-state index contributed by atoms with van der Waals surface area (Å²) < 4.78 is 7.12. The molecule has 1 aliphatic heterocycles. The van der Waals surface area contributed by atoms with Crippen molar-refractivity contribution in [3.63, 3.8) is 0 Å². The molecule has 1 aliphatic rings. The molecule has 27 heavy (non-hydrogen) atoms. The van der Waals surface area contributed by atoms with E-state index < -0.39 is 0 Å². The van der Waals surface area contributed by atoms with Gasteiger partial charge in [0.05, 0.1) is 12.6 Å². The highest BCUT2D eigenvalue weighted by molar-refractivity contribution is 5.84. The summed E-state index contributed by atoms with van der Waals surface area (Å²) in [7, 11) is 1.59. The molecule has 1 aromatic heterocycles. The molecule has 2 heterocycles. The molecule has 6 heteroatoms. The first kappa shape index (κ1) is 19.2. The molecule has 0 saturated carbocycles. The van der Waals surface area contributed by atoms with Crippen LogP contribution in [-0.2, 0) is 20.9 Å². The summed E-state index contributed by atoms with van der Waals surface area (Å²) >= 11 is 0. The number of hydrogen-bond acceptors (Lipinski definition) is 3. The Labute approximate surface area is 160 Å². The van der Waals surface area contributed by atoms with Crippen molar-refractivity contribution in [2.45, 2.75) is 32.4 Å². The molecule has 3 rings (SSSR count). The topological polar surface area (TPSA) is 63.6 Å². The first-order valence-electron chi connectivity index (χ1n) is 9.37. The van der Waals surface area contributed by atoms with Gasteiger partial charge in [-0.05, 0) is 24.6 Å². The lowest BCUT2D eigenvalue weighted by atomic mass is 9.98. The molecule has 1 atom stereocenters. The number of benzene rings is 1. The maximum atomic E-state index is 12.9. The minimum Gasteiger partial charge on any atom is -0.383 e. The van der Waals surface area contributed by atoms with Gasteiger partial charge in [0.1, 0.15) is 0 Å². The summed E-state index contributed by atoms with van der Waals surface area (Å²) in [4.78, 5) is 26.7. The fraction of sp³-hybridized carbons (Fsp3) is 0.429. The highest BCUT2D eigenvalue weighted by Crippen LogP contribution is 2.33. The highest BCUT2D eigenvalue weighted by atomic mass is 16.5. The van der Waals surface area contributed by atoms with Crippen molar-refractivity contribution in [1.82, 2.24) is 14.8 Å². The summed E-state index contributed by atoms with van der Waals surface area (Å²) in [6.45, 7) is 4.41. The van der Waals surface area contributed by atoms with Gasteiger partial charge in [-0.15, -0.1) is 0 Å². The van der Waals surface area contributed by atoms with E-state index in [1.54, 1.807) is 7.11 Å². The van der Waals surface area contributed by atoms with E-state index in [1.165, 1.54) is 5.56 Å². The van der Waals surface area contributed by atoms with E-state index in [9.17, 15) is 9.59 Å². The second kappa shape index (κ2) is 8.86. The number of carbonyl (C=O) groups excluding carboxylic acids is 2. The van der Waals surface area contributed by atoms with E-state index in [1.807, 2.05) is 11.0 Å². The number of aryl methyl sites for hydroxylation is 1. The van der Waals surface area contributed by atoms with Crippen LogP contribution in [0.3, 0.4) is 0 Å². The molecule has 0 spiro atoms. The Bertz CT molecular complexity index is 782. The molecule has 0 bridgehead atoms. The third-order valence-corrected chi connectivity index (χ3v) is 4.95. The van der Waals surface area contributed by atoms with Crippen LogP contribution in [0.25, 0.3) is 0 Å². The molecule has 2 amide bonds. The van der Waals surface area contributed by atoms with Crippen molar-refractivity contribution in [3.8, 4) is 0 Å². The van der Waals surface area contributed by atoms with Crippen molar-refractivity contribution in [3.05, 3.63) is 59.4 Å². The lowest BCUT2D eigenvalue weighted by molar-refractivity contribution is -0.136. The van der Waals surface area contributed by atoms with Gasteiger partial charge >= 0.3 is 0 Å². The predicted octanol–water partition coefficient (Wildman–Crippen LogP) is 2.27. The molecule has 2 aromatic rings. The van der Waals surface area contributed by atoms with Crippen molar-refractivity contribution in [2.75, 3.05) is 26.8 Å². The summed E-state index contributed by atoms with van der Waals surface area (Å²) in [5.74, 6) is -0.109. The molecule has 1 N–H and O–H groups in total. The standard InChI is InChI=1S/C21H27N3O3/c1-16-5-7-17(8-6-16)21-18-4-3-12-23(18)13-14-24(21)20(26)10-9-19(25)22-11-15-27-2/h3-8,12,21H,9-11,13-15H2,1-2H3,(H,22,25)/t21-/m0/s1. The van der Waals surface area contributed by atoms with Gasteiger partial charge in [-0.3, -0.25) is 9.59 Å². The molecular formula is C21H27N3O3. The third-order valence-electron chi connectivity index (χ3n) is 4.95. The zero-order valence-electron chi connectivity index (χ0n) is 16.0. The molecular weight excluding hydrogens is 342 g/mol. The van der Waals surface area contributed by atoms with Gasteiger partial charge in [0.2, 0.25) is 11.8 Å². The fourth-order valence-corrected chi connectivity index (χ4v) is 3.50. The zero-order chi connectivity index (χ0) is 19.2. The van der Waals surface area contributed by atoms with Gasteiger partial charge < -0.3 is 19.5 Å². The summed E-state index contributed by atoms with van der Waals surface area (Å²) in [6.07, 6.45) is 2.46. The number of methoxy groups -OCH3 is 1. The lowest BCUT2D eigenvalue weighted by Gasteiger charge is -2.37. The van der Waals surface area contributed by atoms with Gasteiger partial charge in [-0.25, -0.2) is 0 Å². The Morgan fingerprint density at radius 3 is 2.67 bits per heavy atom. The van der Waals surface area contributed by atoms with E-state index in [2.05, 4.69) is 53.3 Å². The minimum absolute atomic E-state index is 0.00918. The Balaban J connectivity index is 1.72. The number of fused-ring (bicyclic) bond motifs is 1. The number of nitrogens with zero attached hydrogens (tertiary/aromatic N) is 2. The molecule has 0 unspecified atom stereocenters. The number of aromatic nitrogens is 1.